The third kappa shape index (κ3) is 3.62. The molecular formula is C16H13BrF3NO. The molecule has 0 heterocycles. The highest BCUT2D eigenvalue weighted by Crippen LogP contribution is 2.35. The van der Waals surface area contributed by atoms with E-state index in [0.29, 0.717) is 5.69 Å². The lowest BCUT2D eigenvalue weighted by atomic mass is 10.1. The van der Waals surface area contributed by atoms with Gasteiger partial charge in [-0.3, -0.25) is 0 Å². The Morgan fingerprint density at radius 2 is 1.82 bits per heavy atom. The van der Waals surface area contributed by atoms with Gasteiger partial charge >= 0.3 is 6.18 Å². The molecule has 2 rings (SSSR count). The van der Waals surface area contributed by atoms with Crippen LogP contribution < -0.4 is 5.32 Å². The largest absolute Gasteiger partial charge is 0.508 e. The van der Waals surface area contributed by atoms with E-state index in [1.54, 1.807) is 12.1 Å². The molecule has 0 aromatic heterocycles. The molecule has 0 aliphatic rings. The Morgan fingerprint density at radius 1 is 1.14 bits per heavy atom. The number of rotatable bonds is 3. The van der Waals surface area contributed by atoms with E-state index in [4.69, 9.17) is 0 Å². The average molecular weight is 372 g/mol. The third-order valence-electron chi connectivity index (χ3n) is 3.12. The maximum absolute atomic E-state index is 12.9. The van der Waals surface area contributed by atoms with Gasteiger partial charge < -0.3 is 10.4 Å². The van der Waals surface area contributed by atoms with E-state index < -0.39 is 11.7 Å². The van der Waals surface area contributed by atoms with E-state index in [-0.39, 0.29) is 17.0 Å². The van der Waals surface area contributed by atoms with Crippen molar-refractivity contribution in [1.82, 2.24) is 0 Å². The summed E-state index contributed by atoms with van der Waals surface area (Å²) in [5.41, 5.74) is 1.06. The summed E-state index contributed by atoms with van der Waals surface area (Å²) in [4.78, 5) is 0. The number of hydrogen-bond donors (Lipinski definition) is 2. The summed E-state index contributed by atoms with van der Waals surface area (Å²) in [5.74, 6) is -0.300. The topological polar surface area (TPSA) is 32.3 Å². The highest BCUT2D eigenvalue weighted by Gasteiger charge is 2.31. The minimum Gasteiger partial charge on any atom is -0.508 e. The number of nitrogens with one attached hydrogen (secondary N) is 1. The predicted molar refractivity (Wildman–Crippen MR) is 85.3 cm³/mol. The van der Waals surface area contributed by atoms with Crippen molar-refractivity contribution >= 4 is 33.1 Å². The molecule has 0 atom stereocenters. The van der Waals surface area contributed by atoms with Crippen molar-refractivity contribution in [2.45, 2.75) is 13.1 Å². The van der Waals surface area contributed by atoms with Crippen molar-refractivity contribution in [3.05, 3.63) is 64.1 Å². The molecule has 0 fully saturated rings. The highest BCUT2D eigenvalue weighted by molar-refractivity contribution is 9.10. The number of aliphatic hydroxyl groups excluding tert-OH is 1. The number of anilines is 2. The smallest absolute Gasteiger partial charge is 0.416 e. The van der Waals surface area contributed by atoms with Crippen LogP contribution in [0.4, 0.5) is 24.5 Å². The van der Waals surface area contributed by atoms with E-state index in [1.165, 1.54) is 6.07 Å². The number of benzene rings is 2. The van der Waals surface area contributed by atoms with E-state index >= 15 is 0 Å². The molecule has 0 unspecified atom stereocenters. The number of hydrogen-bond acceptors (Lipinski definition) is 2. The first-order valence-electron chi connectivity index (χ1n) is 6.31. The van der Waals surface area contributed by atoms with Gasteiger partial charge in [-0.2, -0.15) is 13.2 Å². The van der Waals surface area contributed by atoms with E-state index in [9.17, 15) is 18.3 Å². The van der Waals surface area contributed by atoms with Crippen LogP contribution in [0.3, 0.4) is 0 Å². The molecular weight excluding hydrogens is 359 g/mol. The molecule has 2 nitrogen and oxygen atoms in total. The van der Waals surface area contributed by atoms with Crippen molar-refractivity contribution in [3.63, 3.8) is 0 Å². The lowest BCUT2D eigenvalue weighted by Gasteiger charge is -2.16. The number of halogens is 4. The van der Waals surface area contributed by atoms with Crippen LogP contribution in [0.1, 0.15) is 16.7 Å². The van der Waals surface area contributed by atoms with E-state index in [0.717, 1.165) is 22.2 Å². The monoisotopic (exact) mass is 371 g/mol. The van der Waals surface area contributed by atoms with Gasteiger partial charge in [-0.15, -0.1) is 0 Å². The Kier molecular flexibility index (Phi) is 4.51. The number of alkyl halides is 3. The maximum Gasteiger partial charge on any atom is 0.416 e. The summed E-state index contributed by atoms with van der Waals surface area (Å²) in [6.45, 7) is 5.21. The quantitative estimate of drug-likeness (QED) is 0.643. The average Bonchev–Trinajstić information content (AvgIpc) is 2.40. The first kappa shape index (κ1) is 16.4. The fraction of sp³-hybridized carbons (Fsp3) is 0.125. The normalized spacial score (nSPS) is 11.3. The zero-order valence-corrected chi connectivity index (χ0v) is 13.2. The minimum absolute atomic E-state index is 0.146. The zero-order valence-electron chi connectivity index (χ0n) is 11.6. The van der Waals surface area contributed by atoms with Crippen molar-refractivity contribution in [1.29, 1.82) is 0 Å². The summed E-state index contributed by atoms with van der Waals surface area (Å²) in [6.07, 6.45) is -4.46. The molecule has 2 N–H and O–H groups in total. The molecule has 2 aromatic rings. The first-order chi connectivity index (χ1) is 10.2. The van der Waals surface area contributed by atoms with Crippen LogP contribution in [0.5, 0.6) is 0 Å². The van der Waals surface area contributed by atoms with Gasteiger partial charge in [-0.25, -0.2) is 0 Å². The second kappa shape index (κ2) is 6.04. The second-order valence-electron chi connectivity index (χ2n) is 4.79. The van der Waals surface area contributed by atoms with Crippen LogP contribution in [0.2, 0.25) is 0 Å². The highest BCUT2D eigenvalue weighted by atomic mass is 79.9. The van der Waals surface area contributed by atoms with Gasteiger partial charge in [0, 0.05) is 15.7 Å². The Hall–Kier alpha value is -1.95. The van der Waals surface area contributed by atoms with Crippen LogP contribution in [0, 0.1) is 6.92 Å². The number of aliphatic hydroxyl groups is 1. The van der Waals surface area contributed by atoms with Crippen LogP contribution in [0.15, 0.2) is 47.4 Å². The maximum atomic E-state index is 12.9. The Morgan fingerprint density at radius 3 is 2.36 bits per heavy atom. The molecule has 0 saturated heterocycles. The van der Waals surface area contributed by atoms with E-state index in [2.05, 4.69) is 27.8 Å². The SMILES string of the molecule is C=C(O)c1ccc(C(F)(F)F)cc1Nc1ccc(Br)cc1C. The van der Waals surface area contributed by atoms with Gasteiger partial charge in [0.05, 0.1) is 11.3 Å². The van der Waals surface area contributed by atoms with Crippen molar-refractivity contribution < 1.29 is 18.3 Å². The lowest BCUT2D eigenvalue weighted by Crippen LogP contribution is -2.07. The molecule has 116 valence electrons. The number of aryl methyl sites for hydroxylation is 1. The predicted octanol–water partition coefficient (Wildman–Crippen LogP) is 6.05. The summed E-state index contributed by atoms with van der Waals surface area (Å²) < 4.78 is 39.4. The lowest BCUT2D eigenvalue weighted by molar-refractivity contribution is -0.137. The fourth-order valence-corrected chi connectivity index (χ4v) is 2.46. The first-order valence-corrected chi connectivity index (χ1v) is 7.10. The fourth-order valence-electron chi connectivity index (χ4n) is 1.99. The Labute approximate surface area is 134 Å². The summed E-state index contributed by atoms with van der Waals surface area (Å²) >= 11 is 3.33. The van der Waals surface area contributed by atoms with E-state index in [1.807, 2.05) is 13.0 Å². The Bertz CT molecular complexity index is 726. The molecule has 0 aliphatic heterocycles. The van der Waals surface area contributed by atoms with Gasteiger partial charge in [0.15, 0.2) is 0 Å². The molecule has 0 bridgehead atoms. The summed E-state index contributed by atoms with van der Waals surface area (Å²) in [5, 5.41) is 12.5. The van der Waals surface area contributed by atoms with Gasteiger partial charge in [0.2, 0.25) is 0 Å². The van der Waals surface area contributed by atoms with Crippen LogP contribution >= 0.6 is 15.9 Å². The molecule has 0 spiro atoms. The molecule has 22 heavy (non-hydrogen) atoms. The van der Waals surface area contributed by atoms with Gasteiger partial charge in [-0.05, 0) is 48.9 Å². The van der Waals surface area contributed by atoms with Crippen molar-refractivity contribution in [2.75, 3.05) is 5.32 Å². The molecule has 6 heteroatoms. The Balaban J connectivity index is 2.49. The van der Waals surface area contributed by atoms with Crippen LogP contribution in [0.25, 0.3) is 5.76 Å². The minimum atomic E-state index is -4.46. The van der Waals surface area contributed by atoms with Crippen molar-refractivity contribution in [2.24, 2.45) is 0 Å². The van der Waals surface area contributed by atoms with Gasteiger partial charge in [0.1, 0.15) is 5.76 Å². The standard InChI is InChI=1S/C16H13BrF3NO/c1-9-7-12(17)4-6-14(9)21-15-8-11(16(18,19)20)3-5-13(15)10(2)22/h3-8,21-22H,2H2,1H3. The van der Waals surface area contributed by atoms with Crippen molar-refractivity contribution in [3.8, 4) is 0 Å². The molecule has 0 aliphatic carbocycles. The van der Waals surface area contributed by atoms with Gasteiger partial charge in [-0.1, -0.05) is 22.5 Å². The molecule has 0 amide bonds. The van der Waals surface area contributed by atoms with Crippen LogP contribution in [-0.4, -0.2) is 5.11 Å². The van der Waals surface area contributed by atoms with Crippen LogP contribution in [-0.2, 0) is 6.18 Å². The second-order valence-corrected chi connectivity index (χ2v) is 5.70. The molecule has 0 saturated carbocycles. The zero-order chi connectivity index (χ0) is 16.5. The molecule has 0 radical (unpaired) electrons. The summed E-state index contributed by atoms with van der Waals surface area (Å²) in [6, 6.07) is 8.42. The summed E-state index contributed by atoms with van der Waals surface area (Å²) in [7, 11) is 0. The molecule has 2 aromatic carbocycles. The van der Waals surface area contributed by atoms with Gasteiger partial charge in [0.25, 0.3) is 0 Å². The third-order valence-corrected chi connectivity index (χ3v) is 3.61.